The van der Waals surface area contributed by atoms with Crippen LogP contribution in [0.5, 0.6) is 0 Å². The van der Waals surface area contributed by atoms with E-state index in [1.807, 2.05) is 0 Å². The van der Waals surface area contributed by atoms with Gasteiger partial charge in [-0.3, -0.25) is 0 Å². The van der Waals surface area contributed by atoms with Gasteiger partial charge in [-0.1, -0.05) is 38.1 Å². The standard InChI is InChI=1S/C16H19N3/c1-3-11-5-7-12(8-6-11)16-18-14(4-2)13-9-17-10-15(13)19-16/h5-8,17H,3-4,9-10H2,1-2H3. The Morgan fingerprint density at radius 2 is 1.79 bits per heavy atom. The highest BCUT2D eigenvalue weighted by Gasteiger charge is 2.18. The van der Waals surface area contributed by atoms with Crippen LogP contribution in [0, 0.1) is 0 Å². The van der Waals surface area contributed by atoms with Crippen LogP contribution < -0.4 is 5.32 Å². The second-order valence-electron chi connectivity index (χ2n) is 4.93. The molecular formula is C16H19N3. The molecule has 3 nitrogen and oxygen atoms in total. The Labute approximate surface area is 114 Å². The first-order valence-electron chi connectivity index (χ1n) is 7.00. The molecule has 1 aromatic carbocycles. The molecule has 0 saturated heterocycles. The average molecular weight is 253 g/mol. The van der Waals surface area contributed by atoms with E-state index in [9.17, 15) is 0 Å². The van der Waals surface area contributed by atoms with Crippen molar-refractivity contribution in [2.24, 2.45) is 0 Å². The summed E-state index contributed by atoms with van der Waals surface area (Å²) >= 11 is 0. The number of hydrogen-bond acceptors (Lipinski definition) is 3. The van der Waals surface area contributed by atoms with Gasteiger partial charge in [-0.15, -0.1) is 0 Å². The summed E-state index contributed by atoms with van der Waals surface area (Å²) in [6.45, 7) is 6.10. The molecule has 1 aromatic heterocycles. The topological polar surface area (TPSA) is 37.8 Å². The Balaban J connectivity index is 2.04. The Morgan fingerprint density at radius 1 is 1.00 bits per heavy atom. The van der Waals surface area contributed by atoms with Crippen LogP contribution in [0.3, 0.4) is 0 Å². The summed E-state index contributed by atoms with van der Waals surface area (Å²) in [6.07, 6.45) is 2.03. The average Bonchev–Trinajstić information content (AvgIpc) is 2.94. The molecule has 1 N–H and O–H groups in total. The van der Waals surface area contributed by atoms with E-state index in [0.717, 1.165) is 37.3 Å². The number of benzene rings is 1. The van der Waals surface area contributed by atoms with Crippen molar-refractivity contribution in [3.63, 3.8) is 0 Å². The number of hydrogen-bond donors (Lipinski definition) is 1. The fourth-order valence-electron chi connectivity index (χ4n) is 2.55. The Bertz CT molecular complexity index is 588. The van der Waals surface area contributed by atoms with Gasteiger partial charge in [0, 0.05) is 29.9 Å². The second kappa shape index (κ2) is 5.10. The molecular weight excluding hydrogens is 234 g/mol. The molecule has 0 unspecified atom stereocenters. The van der Waals surface area contributed by atoms with Crippen molar-refractivity contribution in [3.05, 3.63) is 46.8 Å². The SMILES string of the molecule is CCc1ccc(-c2nc(CC)c3c(n2)CNC3)cc1. The molecule has 2 heterocycles. The van der Waals surface area contributed by atoms with Gasteiger partial charge in [-0.25, -0.2) is 9.97 Å². The van der Waals surface area contributed by atoms with Gasteiger partial charge in [0.15, 0.2) is 5.82 Å². The van der Waals surface area contributed by atoms with Crippen molar-refractivity contribution < 1.29 is 0 Å². The maximum absolute atomic E-state index is 4.74. The molecule has 2 aromatic rings. The first kappa shape index (κ1) is 12.3. The first-order valence-corrected chi connectivity index (χ1v) is 7.00. The normalized spacial score (nSPS) is 13.6. The molecule has 1 aliphatic rings. The lowest BCUT2D eigenvalue weighted by molar-refractivity contribution is 0.755. The maximum atomic E-state index is 4.74. The van der Waals surface area contributed by atoms with E-state index in [1.54, 1.807) is 0 Å². The van der Waals surface area contributed by atoms with Gasteiger partial charge in [0.25, 0.3) is 0 Å². The molecule has 0 aliphatic carbocycles. The summed E-state index contributed by atoms with van der Waals surface area (Å²) in [5, 5.41) is 3.36. The summed E-state index contributed by atoms with van der Waals surface area (Å²) < 4.78 is 0. The van der Waals surface area contributed by atoms with Crippen molar-refractivity contribution in [2.75, 3.05) is 0 Å². The number of aryl methyl sites for hydroxylation is 2. The van der Waals surface area contributed by atoms with E-state index < -0.39 is 0 Å². The van der Waals surface area contributed by atoms with Crippen molar-refractivity contribution in [2.45, 2.75) is 39.8 Å². The van der Waals surface area contributed by atoms with E-state index in [2.05, 4.69) is 43.4 Å². The predicted octanol–water partition coefficient (Wildman–Crippen LogP) is 2.87. The smallest absolute Gasteiger partial charge is 0.159 e. The minimum atomic E-state index is 0.863. The van der Waals surface area contributed by atoms with E-state index in [0.29, 0.717) is 0 Å². The van der Waals surface area contributed by atoms with Crippen LogP contribution in [-0.4, -0.2) is 9.97 Å². The monoisotopic (exact) mass is 253 g/mol. The highest BCUT2D eigenvalue weighted by molar-refractivity contribution is 5.56. The van der Waals surface area contributed by atoms with Gasteiger partial charge < -0.3 is 5.32 Å². The van der Waals surface area contributed by atoms with Crippen molar-refractivity contribution in [1.82, 2.24) is 15.3 Å². The van der Waals surface area contributed by atoms with Gasteiger partial charge in [0.2, 0.25) is 0 Å². The fourth-order valence-corrected chi connectivity index (χ4v) is 2.55. The zero-order chi connectivity index (χ0) is 13.2. The van der Waals surface area contributed by atoms with E-state index in [1.165, 1.54) is 22.5 Å². The van der Waals surface area contributed by atoms with Gasteiger partial charge in [-0.05, 0) is 18.4 Å². The third-order valence-corrected chi connectivity index (χ3v) is 3.73. The third-order valence-electron chi connectivity index (χ3n) is 3.73. The van der Waals surface area contributed by atoms with E-state index in [4.69, 9.17) is 9.97 Å². The molecule has 0 bridgehead atoms. The van der Waals surface area contributed by atoms with Gasteiger partial charge >= 0.3 is 0 Å². The van der Waals surface area contributed by atoms with Crippen LogP contribution in [0.15, 0.2) is 24.3 Å². The Kier molecular flexibility index (Phi) is 3.30. The van der Waals surface area contributed by atoms with E-state index in [-0.39, 0.29) is 0 Å². The summed E-state index contributed by atoms with van der Waals surface area (Å²) in [4.78, 5) is 9.45. The number of nitrogens with zero attached hydrogens (tertiary/aromatic N) is 2. The minimum Gasteiger partial charge on any atom is -0.307 e. The Morgan fingerprint density at radius 3 is 2.47 bits per heavy atom. The highest BCUT2D eigenvalue weighted by Crippen LogP contribution is 2.23. The van der Waals surface area contributed by atoms with Crippen molar-refractivity contribution in [1.29, 1.82) is 0 Å². The van der Waals surface area contributed by atoms with Gasteiger partial charge in [0.05, 0.1) is 5.69 Å². The summed E-state index contributed by atoms with van der Waals surface area (Å²) in [7, 11) is 0. The zero-order valence-electron chi connectivity index (χ0n) is 11.5. The van der Waals surface area contributed by atoms with Crippen LogP contribution in [0.2, 0.25) is 0 Å². The first-order chi connectivity index (χ1) is 9.31. The van der Waals surface area contributed by atoms with E-state index >= 15 is 0 Å². The number of nitrogens with one attached hydrogen (secondary N) is 1. The molecule has 0 atom stereocenters. The lowest BCUT2D eigenvalue weighted by Gasteiger charge is -2.08. The maximum Gasteiger partial charge on any atom is 0.159 e. The van der Waals surface area contributed by atoms with Gasteiger partial charge in [-0.2, -0.15) is 0 Å². The predicted molar refractivity (Wildman–Crippen MR) is 76.8 cm³/mol. The summed E-state index contributed by atoms with van der Waals surface area (Å²) in [6, 6.07) is 8.58. The molecule has 0 fully saturated rings. The van der Waals surface area contributed by atoms with Crippen molar-refractivity contribution >= 4 is 0 Å². The molecule has 3 rings (SSSR count). The molecule has 19 heavy (non-hydrogen) atoms. The van der Waals surface area contributed by atoms with Crippen LogP contribution in [0.1, 0.15) is 36.4 Å². The number of fused-ring (bicyclic) bond motifs is 1. The summed E-state index contributed by atoms with van der Waals surface area (Å²) in [5.74, 6) is 0.863. The molecule has 0 spiro atoms. The zero-order valence-corrected chi connectivity index (χ0v) is 11.5. The quantitative estimate of drug-likeness (QED) is 0.914. The molecule has 1 aliphatic heterocycles. The fraction of sp³-hybridized carbons (Fsp3) is 0.375. The number of aromatic nitrogens is 2. The lowest BCUT2D eigenvalue weighted by atomic mass is 10.1. The lowest BCUT2D eigenvalue weighted by Crippen LogP contribution is -2.02. The summed E-state index contributed by atoms with van der Waals surface area (Å²) in [5.41, 5.74) is 6.12. The number of rotatable bonds is 3. The third kappa shape index (κ3) is 2.26. The molecule has 0 amide bonds. The van der Waals surface area contributed by atoms with Crippen LogP contribution in [-0.2, 0) is 25.9 Å². The largest absolute Gasteiger partial charge is 0.307 e. The van der Waals surface area contributed by atoms with Crippen LogP contribution in [0.25, 0.3) is 11.4 Å². The molecule has 98 valence electrons. The molecule has 0 saturated carbocycles. The molecule has 3 heteroatoms. The molecule has 0 radical (unpaired) electrons. The second-order valence-corrected chi connectivity index (χ2v) is 4.93. The van der Waals surface area contributed by atoms with Gasteiger partial charge in [0.1, 0.15) is 0 Å². The Hall–Kier alpha value is -1.74. The minimum absolute atomic E-state index is 0.863. The van der Waals surface area contributed by atoms with Crippen LogP contribution >= 0.6 is 0 Å². The van der Waals surface area contributed by atoms with Crippen LogP contribution in [0.4, 0.5) is 0 Å². The van der Waals surface area contributed by atoms with Crippen molar-refractivity contribution in [3.8, 4) is 11.4 Å². The highest BCUT2D eigenvalue weighted by atomic mass is 15.0.